The van der Waals surface area contributed by atoms with Gasteiger partial charge in [0.2, 0.25) is 10.0 Å². The van der Waals surface area contributed by atoms with Gasteiger partial charge in [0.15, 0.2) is 0 Å². The number of hydrogen-bond donors (Lipinski definition) is 1. The standard InChI is InChI=1S/C25H23Cl2NO3S/c1-17-5-2-3-8-24(17)32(30,31)28-23(18-9-12-21(26)13-10-18)14-11-20(16-29)25(28)19-6-4-7-22(27)15-19/h2-13,15,23,25,29H,14,16H2,1H3. The number of aliphatic hydroxyl groups excluding tert-OH is 1. The normalized spacial score (nSPS) is 19.6. The summed E-state index contributed by atoms with van der Waals surface area (Å²) in [7, 11) is -3.95. The summed E-state index contributed by atoms with van der Waals surface area (Å²) in [5.41, 5.74) is 2.81. The van der Waals surface area contributed by atoms with Gasteiger partial charge in [0.05, 0.1) is 23.6 Å². The van der Waals surface area contributed by atoms with Gasteiger partial charge in [0.25, 0.3) is 0 Å². The Morgan fingerprint density at radius 3 is 2.31 bits per heavy atom. The van der Waals surface area contributed by atoms with Crippen LogP contribution < -0.4 is 0 Å². The molecule has 0 saturated heterocycles. The van der Waals surface area contributed by atoms with E-state index in [1.54, 1.807) is 55.5 Å². The highest BCUT2D eigenvalue weighted by molar-refractivity contribution is 7.89. The van der Waals surface area contributed by atoms with Gasteiger partial charge in [-0.3, -0.25) is 0 Å². The fraction of sp³-hybridized carbons (Fsp3) is 0.200. The molecular formula is C25H23Cl2NO3S. The Hall–Kier alpha value is -2.15. The molecule has 1 heterocycles. The van der Waals surface area contributed by atoms with Gasteiger partial charge < -0.3 is 5.11 Å². The summed E-state index contributed by atoms with van der Waals surface area (Å²) in [5, 5.41) is 11.2. The van der Waals surface area contributed by atoms with Crippen LogP contribution in [0.25, 0.3) is 0 Å². The molecule has 4 nitrogen and oxygen atoms in total. The molecule has 3 aromatic rings. The van der Waals surface area contributed by atoms with E-state index in [9.17, 15) is 13.5 Å². The topological polar surface area (TPSA) is 57.6 Å². The van der Waals surface area contributed by atoms with Gasteiger partial charge in [-0.15, -0.1) is 0 Å². The molecule has 0 fully saturated rings. The first kappa shape index (κ1) is 23.0. The van der Waals surface area contributed by atoms with Crippen molar-refractivity contribution in [2.45, 2.75) is 30.3 Å². The minimum absolute atomic E-state index is 0.241. The fourth-order valence-electron chi connectivity index (χ4n) is 4.24. The highest BCUT2D eigenvalue weighted by Gasteiger charge is 2.42. The SMILES string of the molecule is Cc1ccccc1S(=O)(=O)N1C(c2ccc(Cl)cc2)CC=C(CO)C1c1cccc(Cl)c1. The summed E-state index contributed by atoms with van der Waals surface area (Å²) >= 11 is 12.4. The summed E-state index contributed by atoms with van der Waals surface area (Å²) in [6, 6.07) is 20.1. The fourth-order valence-corrected chi connectivity index (χ4v) is 6.60. The van der Waals surface area contributed by atoms with E-state index in [0.717, 1.165) is 5.56 Å². The second-order valence-corrected chi connectivity index (χ2v) is 10.5. The van der Waals surface area contributed by atoms with E-state index in [1.807, 2.05) is 30.3 Å². The van der Waals surface area contributed by atoms with Crippen LogP contribution in [0.4, 0.5) is 0 Å². The zero-order chi connectivity index (χ0) is 22.9. The molecule has 2 unspecified atom stereocenters. The van der Waals surface area contributed by atoms with Gasteiger partial charge in [-0.2, -0.15) is 4.31 Å². The van der Waals surface area contributed by atoms with Gasteiger partial charge in [0, 0.05) is 10.0 Å². The first-order valence-corrected chi connectivity index (χ1v) is 12.4. The Bertz CT molecular complexity index is 1260. The maximum Gasteiger partial charge on any atom is 0.244 e. The lowest BCUT2D eigenvalue weighted by Crippen LogP contribution is -2.42. The highest BCUT2D eigenvalue weighted by Crippen LogP contribution is 2.46. The van der Waals surface area contributed by atoms with E-state index in [1.165, 1.54) is 4.31 Å². The molecule has 0 spiro atoms. The van der Waals surface area contributed by atoms with E-state index in [2.05, 4.69) is 0 Å². The van der Waals surface area contributed by atoms with Crippen molar-refractivity contribution in [1.82, 2.24) is 4.31 Å². The number of aryl methyl sites for hydroxylation is 1. The number of sulfonamides is 1. The smallest absolute Gasteiger partial charge is 0.244 e. The Morgan fingerprint density at radius 1 is 0.938 bits per heavy atom. The largest absolute Gasteiger partial charge is 0.392 e. The summed E-state index contributed by atoms with van der Waals surface area (Å²) < 4.78 is 29.8. The van der Waals surface area contributed by atoms with Crippen LogP contribution in [-0.2, 0) is 10.0 Å². The monoisotopic (exact) mass is 487 g/mol. The molecule has 0 aliphatic carbocycles. The van der Waals surface area contributed by atoms with Crippen LogP contribution in [0, 0.1) is 6.92 Å². The van der Waals surface area contributed by atoms with Gasteiger partial charge in [-0.05, 0) is 65.9 Å². The van der Waals surface area contributed by atoms with Crippen LogP contribution in [0.1, 0.15) is 35.2 Å². The number of nitrogens with zero attached hydrogens (tertiary/aromatic N) is 1. The molecule has 7 heteroatoms. The third-order valence-corrected chi connectivity index (χ3v) is 8.29. The maximum absolute atomic E-state index is 14.1. The first-order chi connectivity index (χ1) is 15.3. The molecule has 32 heavy (non-hydrogen) atoms. The summed E-state index contributed by atoms with van der Waals surface area (Å²) in [4.78, 5) is 0.241. The Labute approximate surface area is 198 Å². The number of rotatable bonds is 5. The number of hydrogen-bond acceptors (Lipinski definition) is 3. The van der Waals surface area contributed by atoms with E-state index < -0.39 is 22.1 Å². The van der Waals surface area contributed by atoms with Crippen LogP contribution in [0.3, 0.4) is 0 Å². The van der Waals surface area contributed by atoms with Gasteiger partial charge in [-0.1, -0.05) is 71.7 Å². The van der Waals surface area contributed by atoms with Crippen LogP contribution in [-0.4, -0.2) is 24.4 Å². The minimum Gasteiger partial charge on any atom is -0.392 e. The van der Waals surface area contributed by atoms with E-state index in [4.69, 9.17) is 23.2 Å². The molecule has 166 valence electrons. The average Bonchev–Trinajstić information content (AvgIpc) is 2.79. The Kier molecular flexibility index (Phi) is 6.75. The van der Waals surface area contributed by atoms with Crippen molar-refractivity contribution in [2.24, 2.45) is 0 Å². The van der Waals surface area contributed by atoms with Crippen LogP contribution >= 0.6 is 23.2 Å². The van der Waals surface area contributed by atoms with Crippen molar-refractivity contribution in [1.29, 1.82) is 0 Å². The van der Waals surface area contributed by atoms with Crippen molar-refractivity contribution in [2.75, 3.05) is 6.61 Å². The quantitative estimate of drug-likeness (QED) is 0.442. The van der Waals surface area contributed by atoms with E-state index in [0.29, 0.717) is 33.2 Å². The molecule has 0 amide bonds. The lowest BCUT2D eigenvalue weighted by Gasteiger charge is -2.41. The highest BCUT2D eigenvalue weighted by atomic mass is 35.5. The molecule has 1 N–H and O–H groups in total. The Balaban J connectivity index is 1.96. The lowest BCUT2D eigenvalue weighted by molar-refractivity contribution is 0.230. The molecular weight excluding hydrogens is 465 g/mol. The lowest BCUT2D eigenvalue weighted by atomic mass is 9.90. The average molecular weight is 488 g/mol. The zero-order valence-corrected chi connectivity index (χ0v) is 19.8. The molecule has 3 aromatic carbocycles. The van der Waals surface area contributed by atoms with E-state index in [-0.39, 0.29) is 11.5 Å². The van der Waals surface area contributed by atoms with Crippen molar-refractivity contribution in [3.8, 4) is 0 Å². The number of benzene rings is 3. The van der Waals surface area contributed by atoms with Crippen molar-refractivity contribution in [3.63, 3.8) is 0 Å². The minimum atomic E-state index is -3.95. The second-order valence-electron chi connectivity index (χ2n) is 7.80. The van der Waals surface area contributed by atoms with Gasteiger partial charge in [0.1, 0.15) is 0 Å². The maximum atomic E-state index is 14.1. The summed E-state index contributed by atoms with van der Waals surface area (Å²) in [6.07, 6.45) is 2.36. The molecule has 1 aliphatic heterocycles. The predicted molar refractivity (Wildman–Crippen MR) is 128 cm³/mol. The molecule has 4 rings (SSSR count). The molecule has 0 saturated carbocycles. The van der Waals surface area contributed by atoms with Crippen LogP contribution in [0.5, 0.6) is 0 Å². The van der Waals surface area contributed by atoms with Crippen LogP contribution in [0.15, 0.2) is 89.3 Å². The third kappa shape index (κ3) is 4.36. The Morgan fingerprint density at radius 2 is 1.66 bits per heavy atom. The van der Waals surface area contributed by atoms with Crippen molar-refractivity contribution in [3.05, 3.63) is 111 Å². The molecule has 1 aliphatic rings. The van der Waals surface area contributed by atoms with Crippen molar-refractivity contribution < 1.29 is 13.5 Å². The van der Waals surface area contributed by atoms with Crippen LogP contribution in [0.2, 0.25) is 10.0 Å². The van der Waals surface area contributed by atoms with Gasteiger partial charge in [-0.25, -0.2) is 8.42 Å². The summed E-state index contributed by atoms with van der Waals surface area (Å²) in [5.74, 6) is 0. The second kappa shape index (κ2) is 9.38. The number of halogens is 2. The predicted octanol–water partition coefficient (Wildman–Crippen LogP) is 6.10. The first-order valence-electron chi connectivity index (χ1n) is 10.2. The molecule has 2 atom stereocenters. The molecule has 0 bridgehead atoms. The zero-order valence-electron chi connectivity index (χ0n) is 17.4. The third-order valence-electron chi connectivity index (χ3n) is 5.77. The van der Waals surface area contributed by atoms with Crippen molar-refractivity contribution >= 4 is 33.2 Å². The number of aliphatic hydroxyl groups is 1. The van der Waals surface area contributed by atoms with E-state index >= 15 is 0 Å². The summed E-state index contributed by atoms with van der Waals surface area (Å²) in [6.45, 7) is 1.52. The van der Waals surface area contributed by atoms with Gasteiger partial charge >= 0.3 is 0 Å². The molecule has 0 aromatic heterocycles. The molecule has 0 radical (unpaired) electrons.